The van der Waals surface area contributed by atoms with Gasteiger partial charge in [-0.3, -0.25) is 9.59 Å². The van der Waals surface area contributed by atoms with E-state index in [1.54, 1.807) is 5.38 Å². The largest absolute Gasteiger partial charge is 0.423 e. The number of nitrogens with one attached hydrogen (secondary N) is 1. The lowest BCUT2D eigenvalue weighted by molar-refractivity contribution is -0.120. The van der Waals surface area contributed by atoms with Gasteiger partial charge in [-0.2, -0.15) is 4.98 Å². The second-order valence-corrected chi connectivity index (χ2v) is 7.36. The van der Waals surface area contributed by atoms with Crippen LogP contribution in [0.25, 0.3) is 11.1 Å². The van der Waals surface area contributed by atoms with Gasteiger partial charge in [0.1, 0.15) is 5.52 Å². The van der Waals surface area contributed by atoms with E-state index in [0.29, 0.717) is 42.8 Å². The topological polar surface area (TPSA) is 114 Å². The summed E-state index contributed by atoms with van der Waals surface area (Å²) in [6.45, 7) is 1.41. The third-order valence-electron chi connectivity index (χ3n) is 4.56. The van der Waals surface area contributed by atoms with Gasteiger partial charge in [0, 0.05) is 24.4 Å². The Bertz CT molecular complexity index is 941. The van der Waals surface area contributed by atoms with Crippen LogP contribution in [0.2, 0.25) is 0 Å². The van der Waals surface area contributed by atoms with Crippen LogP contribution in [-0.4, -0.2) is 34.9 Å². The molecule has 3 N–H and O–H groups in total. The van der Waals surface area contributed by atoms with Crippen molar-refractivity contribution in [1.29, 1.82) is 0 Å². The molecule has 0 unspecified atom stereocenters. The molecule has 3 aromatic rings. The standard InChI is InChI=1S/C18H19N5O3S/c19-15(24)9-12-10-27-17(20-12)22-16(25)11-5-7-23(8-6-11)18-21-13-3-1-2-4-14(13)26-18/h1-4,10-11H,5-9H2,(H2,19,24)(H,20,22,25). The number of aromatic nitrogens is 2. The third-order valence-corrected chi connectivity index (χ3v) is 5.36. The molecule has 1 aliphatic rings. The van der Waals surface area contributed by atoms with E-state index in [2.05, 4.69) is 20.2 Å². The maximum absolute atomic E-state index is 12.5. The van der Waals surface area contributed by atoms with Gasteiger partial charge in [0.15, 0.2) is 10.7 Å². The molecule has 1 fully saturated rings. The monoisotopic (exact) mass is 385 g/mol. The zero-order chi connectivity index (χ0) is 18.8. The molecule has 9 heteroatoms. The number of rotatable bonds is 5. The molecule has 0 bridgehead atoms. The van der Waals surface area contributed by atoms with Gasteiger partial charge in [0.05, 0.1) is 12.1 Å². The second-order valence-electron chi connectivity index (χ2n) is 6.50. The number of nitrogens with two attached hydrogens (primary N) is 1. The number of thiazole rings is 1. The quantitative estimate of drug-likeness (QED) is 0.696. The number of fused-ring (bicyclic) bond motifs is 1. The minimum Gasteiger partial charge on any atom is -0.423 e. The molecule has 27 heavy (non-hydrogen) atoms. The lowest BCUT2D eigenvalue weighted by atomic mass is 9.96. The molecule has 0 radical (unpaired) electrons. The highest BCUT2D eigenvalue weighted by molar-refractivity contribution is 7.13. The molecule has 140 valence electrons. The van der Waals surface area contributed by atoms with Gasteiger partial charge < -0.3 is 20.4 Å². The van der Waals surface area contributed by atoms with Crippen molar-refractivity contribution in [2.75, 3.05) is 23.3 Å². The fraction of sp³-hybridized carbons (Fsp3) is 0.333. The Morgan fingerprint density at radius 2 is 2.04 bits per heavy atom. The van der Waals surface area contributed by atoms with Crippen molar-refractivity contribution in [3.8, 4) is 0 Å². The van der Waals surface area contributed by atoms with Crippen molar-refractivity contribution in [3.63, 3.8) is 0 Å². The van der Waals surface area contributed by atoms with Crippen LogP contribution in [0, 0.1) is 5.92 Å². The maximum atomic E-state index is 12.5. The summed E-state index contributed by atoms with van der Waals surface area (Å²) in [7, 11) is 0. The molecule has 2 aromatic heterocycles. The first-order chi connectivity index (χ1) is 13.1. The van der Waals surface area contributed by atoms with Crippen LogP contribution >= 0.6 is 11.3 Å². The van der Waals surface area contributed by atoms with Crippen molar-refractivity contribution in [2.24, 2.45) is 11.7 Å². The number of benzene rings is 1. The molecule has 4 rings (SSSR count). The van der Waals surface area contributed by atoms with Gasteiger partial charge in [0.25, 0.3) is 6.01 Å². The fourth-order valence-electron chi connectivity index (χ4n) is 3.16. The van der Waals surface area contributed by atoms with E-state index >= 15 is 0 Å². The SMILES string of the molecule is NC(=O)Cc1csc(NC(=O)C2CCN(c3nc4ccccc4o3)CC2)n1. The first-order valence-electron chi connectivity index (χ1n) is 8.72. The van der Waals surface area contributed by atoms with E-state index in [9.17, 15) is 9.59 Å². The highest BCUT2D eigenvalue weighted by Crippen LogP contribution is 2.27. The van der Waals surface area contributed by atoms with Gasteiger partial charge in [-0.15, -0.1) is 11.3 Å². The Labute approximate surface area is 159 Å². The zero-order valence-electron chi connectivity index (χ0n) is 14.6. The summed E-state index contributed by atoms with van der Waals surface area (Å²) in [6.07, 6.45) is 1.50. The van der Waals surface area contributed by atoms with Gasteiger partial charge in [-0.25, -0.2) is 4.98 Å². The van der Waals surface area contributed by atoms with Gasteiger partial charge in [0.2, 0.25) is 11.8 Å². The van der Waals surface area contributed by atoms with E-state index in [4.69, 9.17) is 10.2 Å². The number of carbonyl (C=O) groups excluding carboxylic acids is 2. The number of para-hydroxylation sites is 2. The molecule has 3 heterocycles. The number of amides is 2. The highest BCUT2D eigenvalue weighted by Gasteiger charge is 2.27. The van der Waals surface area contributed by atoms with E-state index in [1.165, 1.54) is 11.3 Å². The Morgan fingerprint density at radius 1 is 1.26 bits per heavy atom. The number of hydrogen-bond acceptors (Lipinski definition) is 7. The molecule has 8 nitrogen and oxygen atoms in total. The molecular formula is C18H19N5O3S. The van der Waals surface area contributed by atoms with Crippen LogP contribution in [-0.2, 0) is 16.0 Å². The van der Waals surface area contributed by atoms with Crippen molar-refractivity contribution in [2.45, 2.75) is 19.3 Å². The molecule has 1 aromatic carbocycles. The summed E-state index contributed by atoms with van der Waals surface area (Å²) in [4.78, 5) is 34.2. The summed E-state index contributed by atoms with van der Waals surface area (Å²) in [6, 6.07) is 8.27. The normalized spacial score (nSPS) is 15.2. The smallest absolute Gasteiger partial charge is 0.298 e. The van der Waals surface area contributed by atoms with Crippen molar-refractivity contribution < 1.29 is 14.0 Å². The Balaban J connectivity index is 1.33. The molecule has 0 aliphatic carbocycles. The summed E-state index contributed by atoms with van der Waals surface area (Å²) in [5.74, 6) is -0.578. The van der Waals surface area contributed by atoms with E-state index in [1.807, 2.05) is 24.3 Å². The molecule has 0 saturated carbocycles. The minimum absolute atomic E-state index is 0.0489. The van der Waals surface area contributed by atoms with Gasteiger partial charge in [-0.05, 0) is 25.0 Å². The highest BCUT2D eigenvalue weighted by atomic mass is 32.1. The van der Waals surface area contributed by atoms with Gasteiger partial charge >= 0.3 is 0 Å². The van der Waals surface area contributed by atoms with Crippen LogP contribution in [0.5, 0.6) is 0 Å². The van der Waals surface area contributed by atoms with Crippen molar-refractivity contribution in [3.05, 3.63) is 35.3 Å². The van der Waals surface area contributed by atoms with Crippen molar-refractivity contribution in [1.82, 2.24) is 9.97 Å². The summed E-state index contributed by atoms with van der Waals surface area (Å²) in [5, 5.41) is 5.07. The van der Waals surface area contributed by atoms with E-state index < -0.39 is 5.91 Å². The van der Waals surface area contributed by atoms with Crippen LogP contribution in [0.3, 0.4) is 0 Å². The molecule has 0 atom stereocenters. The fourth-order valence-corrected chi connectivity index (χ4v) is 3.87. The lowest BCUT2D eigenvalue weighted by Crippen LogP contribution is -2.38. The van der Waals surface area contributed by atoms with Crippen LogP contribution in [0.15, 0.2) is 34.1 Å². The Hall–Kier alpha value is -2.94. The van der Waals surface area contributed by atoms with Crippen LogP contribution < -0.4 is 16.0 Å². The molecule has 1 saturated heterocycles. The lowest BCUT2D eigenvalue weighted by Gasteiger charge is -2.29. The van der Waals surface area contributed by atoms with Gasteiger partial charge in [-0.1, -0.05) is 12.1 Å². The number of oxazole rings is 1. The number of hydrogen-bond donors (Lipinski definition) is 2. The van der Waals surface area contributed by atoms with Crippen LogP contribution in [0.1, 0.15) is 18.5 Å². The average Bonchev–Trinajstić information content (AvgIpc) is 3.28. The molecular weight excluding hydrogens is 366 g/mol. The first kappa shape index (κ1) is 17.5. The van der Waals surface area contributed by atoms with Crippen molar-refractivity contribution >= 4 is 45.4 Å². The Kier molecular flexibility index (Phi) is 4.76. The second kappa shape index (κ2) is 7.36. The minimum atomic E-state index is -0.440. The predicted molar refractivity (Wildman–Crippen MR) is 103 cm³/mol. The number of carbonyl (C=O) groups is 2. The number of piperidine rings is 1. The first-order valence-corrected chi connectivity index (χ1v) is 9.60. The third kappa shape index (κ3) is 3.92. The summed E-state index contributed by atoms with van der Waals surface area (Å²) >= 11 is 1.30. The summed E-state index contributed by atoms with van der Waals surface area (Å²) in [5.41, 5.74) is 7.34. The predicted octanol–water partition coefficient (Wildman–Crippen LogP) is 2.17. The number of anilines is 2. The number of nitrogens with zero attached hydrogens (tertiary/aromatic N) is 3. The summed E-state index contributed by atoms with van der Waals surface area (Å²) < 4.78 is 5.80. The molecule has 0 spiro atoms. The van der Waals surface area contributed by atoms with E-state index in [-0.39, 0.29) is 18.2 Å². The Morgan fingerprint density at radius 3 is 2.78 bits per heavy atom. The number of primary amides is 1. The molecule has 2 amide bonds. The van der Waals surface area contributed by atoms with Crippen LogP contribution in [0.4, 0.5) is 11.1 Å². The zero-order valence-corrected chi connectivity index (χ0v) is 15.4. The average molecular weight is 385 g/mol. The van der Waals surface area contributed by atoms with E-state index in [0.717, 1.165) is 11.1 Å². The maximum Gasteiger partial charge on any atom is 0.298 e. The molecule has 1 aliphatic heterocycles.